The van der Waals surface area contributed by atoms with Crippen molar-refractivity contribution in [1.82, 2.24) is 14.9 Å². The average molecular weight is 508 g/mol. The van der Waals surface area contributed by atoms with E-state index in [2.05, 4.69) is 15.3 Å². The number of carbonyl (C=O) groups excluding carboxylic acids is 1. The first-order valence-electron chi connectivity index (χ1n) is 11.3. The number of hydrogen-bond acceptors (Lipinski definition) is 7. The largest absolute Gasteiger partial charge is 0.495 e. The topological polar surface area (TPSA) is 92.0 Å². The van der Waals surface area contributed by atoms with Crippen LogP contribution in [-0.4, -0.2) is 81.5 Å². The fourth-order valence-electron chi connectivity index (χ4n) is 4.07. The van der Waals surface area contributed by atoms with Crippen molar-refractivity contribution in [2.24, 2.45) is 0 Å². The lowest BCUT2D eigenvalue weighted by Gasteiger charge is -2.27. The molecule has 0 bridgehead atoms. The van der Waals surface area contributed by atoms with Gasteiger partial charge < -0.3 is 34.3 Å². The molecular formula is C24H28F3N5O4. The zero-order valence-corrected chi connectivity index (χ0v) is 20.2. The lowest BCUT2D eigenvalue weighted by molar-refractivity contribution is -0.136. The summed E-state index contributed by atoms with van der Waals surface area (Å²) in [5.74, 6) is 0.575. The summed E-state index contributed by atoms with van der Waals surface area (Å²) in [5.41, 5.74) is 0.605. The zero-order valence-electron chi connectivity index (χ0n) is 20.2. The van der Waals surface area contributed by atoms with E-state index in [-0.39, 0.29) is 16.9 Å². The number of benzene rings is 1. The molecule has 1 fully saturated rings. The smallest absolute Gasteiger partial charge is 0.418 e. The maximum absolute atomic E-state index is 13.7. The molecule has 0 radical (unpaired) electrons. The number of methoxy groups -OCH3 is 2. The van der Waals surface area contributed by atoms with Crippen LogP contribution >= 0.6 is 0 Å². The van der Waals surface area contributed by atoms with Gasteiger partial charge in [-0.1, -0.05) is 0 Å². The first-order chi connectivity index (χ1) is 17.2. The number of anilines is 3. The molecule has 1 aromatic carbocycles. The summed E-state index contributed by atoms with van der Waals surface area (Å²) in [6, 6.07) is 6.53. The van der Waals surface area contributed by atoms with E-state index in [1.165, 1.54) is 14.2 Å². The minimum Gasteiger partial charge on any atom is -0.495 e. The normalized spacial score (nSPS) is 14.2. The van der Waals surface area contributed by atoms with Gasteiger partial charge in [0.1, 0.15) is 17.2 Å². The summed E-state index contributed by atoms with van der Waals surface area (Å²) in [6.45, 7) is 2.72. The number of halogens is 3. The van der Waals surface area contributed by atoms with Crippen molar-refractivity contribution in [3.63, 3.8) is 0 Å². The van der Waals surface area contributed by atoms with E-state index in [1.807, 2.05) is 0 Å². The summed E-state index contributed by atoms with van der Waals surface area (Å²) in [5, 5.41) is 3.10. The van der Waals surface area contributed by atoms with E-state index in [0.717, 1.165) is 6.20 Å². The molecule has 0 spiro atoms. The number of ether oxygens (including phenoxy) is 3. The molecule has 1 aliphatic rings. The van der Waals surface area contributed by atoms with E-state index in [4.69, 9.17) is 14.2 Å². The molecule has 194 valence electrons. The van der Waals surface area contributed by atoms with Gasteiger partial charge in [0.25, 0.3) is 5.91 Å². The Balaban J connectivity index is 1.68. The highest BCUT2D eigenvalue weighted by Crippen LogP contribution is 2.40. The summed E-state index contributed by atoms with van der Waals surface area (Å²) in [4.78, 5) is 23.2. The Labute approximate surface area is 206 Å². The molecule has 0 saturated carbocycles. The molecule has 2 aromatic heterocycles. The minimum atomic E-state index is -4.54. The third kappa shape index (κ3) is 5.34. The lowest BCUT2D eigenvalue weighted by Crippen LogP contribution is -2.40. The predicted octanol–water partition coefficient (Wildman–Crippen LogP) is 3.89. The molecule has 0 unspecified atom stereocenters. The highest BCUT2D eigenvalue weighted by molar-refractivity contribution is 5.97. The average Bonchev–Trinajstić information content (AvgIpc) is 3.32. The van der Waals surface area contributed by atoms with Gasteiger partial charge in [0.2, 0.25) is 0 Å². The van der Waals surface area contributed by atoms with Crippen LogP contribution in [0.3, 0.4) is 0 Å². The molecule has 4 rings (SSSR count). The number of pyridine rings is 1. The number of nitrogens with zero attached hydrogens (tertiary/aromatic N) is 3. The number of aromatic amines is 1. The molecule has 2 N–H and O–H groups in total. The number of aromatic nitrogens is 2. The molecule has 3 heterocycles. The summed E-state index contributed by atoms with van der Waals surface area (Å²) in [7, 11) is 4.70. The van der Waals surface area contributed by atoms with Crippen molar-refractivity contribution in [2.75, 3.05) is 70.9 Å². The SMILES string of the molecule is COCCN(C)c1cc(Nc2ccc(C(=O)N3CCOCC3)cc2OC)nc2[nH]cc(C(F)(F)F)c12. The van der Waals surface area contributed by atoms with E-state index in [0.29, 0.717) is 68.0 Å². The first kappa shape index (κ1) is 25.6. The Hall–Kier alpha value is -3.51. The van der Waals surface area contributed by atoms with Crippen molar-refractivity contribution < 1.29 is 32.2 Å². The van der Waals surface area contributed by atoms with Gasteiger partial charge in [-0.25, -0.2) is 4.98 Å². The van der Waals surface area contributed by atoms with Gasteiger partial charge in [-0.2, -0.15) is 13.2 Å². The molecule has 1 aliphatic heterocycles. The molecule has 3 aromatic rings. The molecular weight excluding hydrogens is 479 g/mol. The van der Waals surface area contributed by atoms with Crippen molar-refractivity contribution in [3.05, 3.63) is 41.6 Å². The van der Waals surface area contributed by atoms with Gasteiger partial charge in [-0.15, -0.1) is 0 Å². The van der Waals surface area contributed by atoms with E-state index < -0.39 is 11.7 Å². The number of hydrogen-bond donors (Lipinski definition) is 2. The number of morpholine rings is 1. The highest BCUT2D eigenvalue weighted by atomic mass is 19.4. The van der Waals surface area contributed by atoms with Crippen molar-refractivity contribution >= 4 is 34.1 Å². The van der Waals surface area contributed by atoms with E-state index in [1.54, 1.807) is 41.1 Å². The third-order valence-electron chi connectivity index (χ3n) is 5.98. The fraction of sp³-hybridized carbons (Fsp3) is 0.417. The Morgan fingerprint density at radius 2 is 2.00 bits per heavy atom. The molecule has 12 heteroatoms. The molecule has 9 nitrogen and oxygen atoms in total. The van der Waals surface area contributed by atoms with Crippen LogP contribution in [0.15, 0.2) is 30.5 Å². The molecule has 0 aliphatic carbocycles. The maximum Gasteiger partial charge on any atom is 0.418 e. The summed E-state index contributed by atoms with van der Waals surface area (Å²) in [6.07, 6.45) is -3.63. The van der Waals surface area contributed by atoms with Gasteiger partial charge in [0.15, 0.2) is 0 Å². The minimum absolute atomic E-state index is 0.0231. The number of carbonyl (C=O) groups is 1. The number of rotatable bonds is 8. The zero-order chi connectivity index (χ0) is 25.9. The maximum atomic E-state index is 13.7. The standard InChI is InChI=1S/C24H28F3N5O4/c1-31(6-9-34-2)18-13-20(30-22-21(18)16(14-28-22)24(25,26)27)29-17-5-4-15(12-19(17)35-3)23(33)32-7-10-36-11-8-32/h4-5,12-14H,6-11H2,1-3H3,(H2,28,29,30). The Bertz CT molecular complexity index is 1220. The lowest BCUT2D eigenvalue weighted by atomic mass is 10.1. The second kappa shape index (κ2) is 10.6. The quantitative estimate of drug-likeness (QED) is 0.478. The highest BCUT2D eigenvalue weighted by Gasteiger charge is 2.35. The van der Waals surface area contributed by atoms with Gasteiger partial charge in [0.05, 0.1) is 49.3 Å². The Morgan fingerprint density at radius 3 is 2.67 bits per heavy atom. The van der Waals surface area contributed by atoms with Crippen LogP contribution < -0.4 is 15.0 Å². The van der Waals surface area contributed by atoms with Gasteiger partial charge in [-0.05, 0) is 18.2 Å². The number of nitrogens with one attached hydrogen (secondary N) is 2. The third-order valence-corrected chi connectivity index (χ3v) is 5.98. The fourth-order valence-corrected chi connectivity index (χ4v) is 4.07. The van der Waals surface area contributed by atoms with Crippen LogP contribution in [0.5, 0.6) is 5.75 Å². The number of amides is 1. The van der Waals surface area contributed by atoms with Gasteiger partial charge in [-0.3, -0.25) is 4.79 Å². The molecule has 36 heavy (non-hydrogen) atoms. The number of likely N-dealkylation sites (N-methyl/N-ethyl adjacent to an activating group) is 1. The van der Waals surface area contributed by atoms with Crippen LogP contribution in [0.25, 0.3) is 11.0 Å². The first-order valence-corrected chi connectivity index (χ1v) is 11.3. The monoisotopic (exact) mass is 507 g/mol. The van der Waals surface area contributed by atoms with Crippen LogP contribution in [-0.2, 0) is 15.7 Å². The molecule has 1 amide bonds. The van der Waals surface area contributed by atoms with Crippen LogP contribution in [0, 0.1) is 0 Å². The second-order valence-electron chi connectivity index (χ2n) is 8.31. The van der Waals surface area contributed by atoms with Crippen molar-refractivity contribution in [3.8, 4) is 5.75 Å². The number of H-pyrrole nitrogens is 1. The predicted molar refractivity (Wildman–Crippen MR) is 129 cm³/mol. The van der Waals surface area contributed by atoms with E-state index >= 15 is 0 Å². The van der Waals surface area contributed by atoms with E-state index in [9.17, 15) is 18.0 Å². The van der Waals surface area contributed by atoms with Crippen LogP contribution in [0.1, 0.15) is 15.9 Å². The molecule has 1 saturated heterocycles. The van der Waals surface area contributed by atoms with Crippen LogP contribution in [0.4, 0.5) is 30.4 Å². The number of alkyl halides is 3. The second-order valence-corrected chi connectivity index (χ2v) is 8.31. The van der Waals surface area contributed by atoms with Crippen LogP contribution in [0.2, 0.25) is 0 Å². The summed E-state index contributed by atoms with van der Waals surface area (Å²) >= 11 is 0. The van der Waals surface area contributed by atoms with Gasteiger partial charge in [0, 0.05) is 51.6 Å². The number of fused-ring (bicyclic) bond motifs is 1. The van der Waals surface area contributed by atoms with Crippen molar-refractivity contribution in [2.45, 2.75) is 6.18 Å². The van der Waals surface area contributed by atoms with Crippen molar-refractivity contribution in [1.29, 1.82) is 0 Å². The Morgan fingerprint density at radius 1 is 1.25 bits per heavy atom. The Kier molecular flexibility index (Phi) is 7.55. The summed E-state index contributed by atoms with van der Waals surface area (Å²) < 4.78 is 56.9. The molecule has 0 atom stereocenters. The van der Waals surface area contributed by atoms with Gasteiger partial charge >= 0.3 is 6.18 Å².